The first-order valence-corrected chi connectivity index (χ1v) is 3.91. The lowest BCUT2D eigenvalue weighted by atomic mass is 10.1. The molecule has 4 heteroatoms. The molecule has 0 atom stereocenters. The van der Waals surface area contributed by atoms with Crippen LogP contribution in [0.4, 0.5) is 0 Å². The number of hydrogen-bond donors (Lipinski definition) is 2. The van der Waals surface area contributed by atoms with Gasteiger partial charge in [-0.2, -0.15) is 0 Å². The van der Waals surface area contributed by atoms with Crippen molar-refractivity contribution >= 4 is 11.5 Å². The van der Waals surface area contributed by atoms with Gasteiger partial charge < -0.3 is 14.9 Å². The van der Waals surface area contributed by atoms with Crippen LogP contribution in [-0.2, 0) is 9.53 Å². The maximum Gasteiger partial charge on any atom is 0.339 e. The largest absolute Gasteiger partial charge is 0.507 e. The van der Waals surface area contributed by atoms with Gasteiger partial charge in [-0.25, -0.2) is 4.79 Å². The van der Waals surface area contributed by atoms with Gasteiger partial charge in [0, 0.05) is 5.56 Å². The van der Waals surface area contributed by atoms with Crippen LogP contribution in [0.25, 0.3) is 5.57 Å². The number of phenolic OH excluding ortho intramolecular Hbond substituents is 1. The van der Waals surface area contributed by atoms with E-state index in [1.165, 1.54) is 19.2 Å². The van der Waals surface area contributed by atoms with E-state index in [0.29, 0.717) is 0 Å². The number of para-hydroxylation sites is 1. The van der Waals surface area contributed by atoms with Gasteiger partial charge in [-0.15, -0.1) is 0 Å². The molecule has 14 heavy (non-hydrogen) atoms. The van der Waals surface area contributed by atoms with E-state index in [2.05, 4.69) is 4.74 Å². The Balaban J connectivity index is 3.19. The van der Waals surface area contributed by atoms with Crippen LogP contribution < -0.4 is 0 Å². The molecule has 0 aliphatic carbocycles. The fraction of sp³-hybridized carbons (Fsp3) is 0.100. The molecule has 0 saturated carbocycles. The minimum absolute atomic E-state index is 0.0781. The van der Waals surface area contributed by atoms with Crippen molar-refractivity contribution in [2.75, 3.05) is 7.11 Å². The zero-order valence-electron chi connectivity index (χ0n) is 7.60. The van der Waals surface area contributed by atoms with E-state index >= 15 is 0 Å². The summed E-state index contributed by atoms with van der Waals surface area (Å²) in [7, 11) is 1.35. The minimum atomic E-state index is -1.15. The summed E-state index contributed by atoms with van der Waals surface area (Å²) < 4.78 is 4.62. The molecule has 0 spiro atoms. The van der Waals surface area contributed by atoms with Gasteiger partial charge >= 0.3 is 5.97 Å². The van der Waals surface area contributed by atoms with Crippen molar-refractivity contribution in [1.82, 2.24) is 0 Å². The number of aliphatic carboxylic acids is 1. The molecule has 1 aromatic rings. The van der Waals surface area contributed by atoms with Crippen molar-refractivity contribution in [1.29, 1.82) is 0 Å². The monoisotopic (exact) mass is 194 g/mol. The molecule has 1 rings (SSSR count). The van der Waals surface area contributed by atoms with Crippen LogP contribution in [0.5, 0.6) is 5.75 Å². The summed E-state index contributed by atoms with van der Waals surface area (Å²) >= 11 is 0. The number of benzene rings is 1. The van der Waals surface area contributed by atoms with Gasteiger partial charge in [-0.1, -0.05) is 18.2 Å². The molecule has 74 valence electrons. The lowest BCUT2D eigenvalue weighted by Gasteiger charge is -2.04. The van der Waals surface area contributed by atoms with E-state index in [1.807, 2.05) is 0 Å². The molecule has 0 aromatic heterocycles. The van der Waals surface area contributed by atoms with Crippen LogP contribution in [0.15, 0.2) is 30.5 Å². The number of phenols is 1. The maximum atomic E-state index is 10.8. The van der Waals surface area contributed by atoms with Crippen LogP contribution in [0.3, 0.4) is 0 Å². The van der Waals surface area contributed by atoms with E-state index in [1.54, 1.807) is 12.1 Å². The first kappa shape index (κ1) is 10.1. The Labute approximate surface area is 81.1 Å². The summed E-state index contributed by atoms with van der Waals surface area (Å²) in [6.45, 7) is 0. The second-order valence-electron chi connectivity index (χ2n) is 2.59. The predicted molar refractivity (Wildman–Crippen MR) is 50.7 cm³/mol. The molecule has 0 aliphatic rings. The number of hydrogen-bond acceptors (Lipinski definition) is 3. The van der Waals surface area contributed by atoms with E-state index in [9.17, 15) is 9.90 Å². The number of carbonyl (C=O) groups is 1. The molecule has 0 fully saturated rings. The molecule has 1 aromatic carbocycles. The summed E-state index contributed by atoms with van der Waals surface area (Å²) in [5.41, 5.74) is 0.160. The number of methoxy groups -OCH3 is 1. The van der Waals surface area contributed by atoms with Crippen LogP contribution in [-0.4, -0.2) is 23.3 Å². The van der Waals surface area contributed by atoms with Gasteiger partial charge in [0.1, 0.15) is 11.3 Å². The van der Waals surface area contributed by atoms with Gasteiger partial charge in [-0.3, -0.25) is 0 Å². The average Bonchev–Trinajstić information content (AvgIpc) is 2.15. The van der Waals surface area contributed by atoms with Gasteiger partial charge in [0.25, 0.3) is 0 Å². The maximum absolute atomic E-state index is 10.8. The molecule has 0 radical (unpaired) electrons. The van der Waals surface area contributed by atoms with Gasteiger partial charge in [0.2, 0.25) is 0 Å². The number of carboxylic acids is 1. The average molecular weight is 194 g/mol. The summed E-state index contributed by atoms with van der Waals surface area (Å²) in [5.74, 6) is -1.23. The third-order valence-electron chi connectivity index (χ3n) is 1.66. The van der Waals surface area contributed by atoms with E-state index < -0.39 is 5.97 Å². The third kappa shape index (κ3) is 2.04. The van der Waals surface area contributed by atoms with Crippen molar-refractivity contribution in [3.05, 3.63) is 36.1 Å². The highest BCUT2D eigenvalue weighted by molar-refractivity contribution is 6.15. The standard InChI is InChI=1S/C10H10O4/c1-14-6-8(10(12)13)7-4-2-3-5-9(7)11/h2-6,11H,1H3,(H,12,13)/b8-6+. The number of aromatic hydroxyl groups is 1. The van der Waals surface area contributed by atoms with Crippen LogP contribution in [0, 0.1) is 0 Å². The zero-order chi connectivity index (χ0) is 10.6. The van der Waals surface area contributed by atoms with E-state index in [0.717, 1.165) is 6.26 Å². The number of carboxylic acid groups (broad SMARTS) is 1. The Bertz CT molecular complexity index is 368. The molecule has 0 saturated heterocycles. The Morgan fingerprint density at radius 2 is 2.07 bits per heavy atom. The SMILES string of the molecule is CO/C=C(/C(=O)O)c1ccccc1O. The fourth-order valence-electron chi connectivity index (χ4n) is 1.05. The molecular weight excluding hydrogens is 184 g/mol. The highest BCUT2D eigenvalue weighted by atomic mass is 16.5. The predicted octanol–water partition coefficient (Wildman–Crippen LogP) is 1.46. The van der Waals surface area contributed by atoms with Gasteiger partial charge in [0.15, 0.2) is 0 Å². The molecule has 2 N–H and O–H groups in total. The molecule has 0 unspecified atom stereocenters. The Morgan fingerprint density at radius 1 is 1.43 bits per heavy atom. The van der Waals surface area contributed by atoms with Gasteiger partial charge in [-0.05, 0) is 6.07 Å². The van der Waals surface area contributed by atoms with Gasteiger partial charge in [0.05, 0.1) is 13.4 Å². The summed E-state index contributed by atoms with van der Waals surface area (Å²) in [6.07, 6.45) is 1.08. The third-order valence-corrected chi connectivity index (χ3v) is 1.66. The molecule has 0 aliphatic heterocycles. The lowest BCUT2D eigenvalue weighted by Crippen LogP contribution is -2.00. The summed E-state index contributed by atoms with van der Waals surface area (Å²) in [4.78, 5) is 10.8. The second-order valence-corrected chi connectivity index (χ2v) is 2.59. The molecule has 0 bridgehead atoms. The highest BCUT2D eigenvalue weighted by Gasteiger charge is 2.13. The normalized spacial score (nSPS) is 11.1. The van der Waals surface area contributed by atoms with Crippen molar-refractivity contribution in [2.24, 2.45) is 0 Å². The fourth-order valence-corrected chi connectivity index (χ4v) is 1.05. The summed E-state index contributed by atoms with van der Waals surface area (Å²) in [5, 5.41) is 18.2. The Kier molecular flexibility index (Phi) is 3.12. The number of rotatable bonds is 3. The van der Waals surface area contributed by atoms with Crippen molar-refractivity contribution in [3.8, 4) is 5.75 Å². The topological polar surface area (TPSA) is 66.8 Å². The first-order valence-electron chi connectivity index (χ1n) is 3.91. The zero-order valence-corrected chi connectivity index (χ0v) is 7.60. The lowest BCUT2D eigenvalue weighted by molar-refractivity contribution is -0.130. The molecule has 0 amide bonds. The highest BCUT2D eigenvalue weighted by Crippen LogP contribution is 2.24. The van der Waals surface area contributed by atoms with Crippen LogP contribution in [0.1, 0.15) is 5.56 Å². The smallest absolute Gasteiger partial charge is 0.339 e. The molecule has 4 nitrogen and oxygen atoms in total. The van der Waals surface area contributed by atoms with Crippen LogP contribution in [0.2, 0.25) is 0 Å². The summed E-state index contributed by atoms with van der Waals surface area (Å²) in [6, 6.07) is 6.18. The Hall–Kier alpha value is -1.97. The molecular formula is C10H10O4. The van der Waals surface area contributed by atoms with Crippen molar-refractivity contribution in [2.45, 2.75) is 0 Å². The quantitative estimate of drug-likeness (QED) is 0.564. The minimum Gasteiger partial charge on any atom is -0.507 e. The molecule has 0 heterocycles. The number of ether oxygens (including phenoxy) is 1. The van der Waals surface area contributed by atoms with E-state index in [-0.39, 0.29) is 16.9 Å². The van der Waals surface area contributed by atoms with Crippen molar-refractivity contribution in [3.63, 3.8) is 0 Å². The first-order chi connectivity index (χ1) is 6.66. The van der Waals surface area contributed by atoms with Crippen molar-refractivity contribution < 1.29 is 19.7 Å². The van der Waals surface area contributed by atoms with Crippen LogP contribution >= 0.6 is 0 Å². The second kappa shape index (κ2) is 4.32. The Morgan fingerprint density at radius 3 is 2.57 bits per heavy atom. The van der Waals surface area contributed by atoms with E-state index in [4.69, 9.17) is 5.11 Å².